The van der Waals surface area contributed by atoms with E-state index in [2.05, 4.69) is 22.9 Å². The van der Waals surface area contributed by atoms with E-state index in [-0.39, 0.29) is 18.5 Å². The Morgan fingerprint density at radius 3 is 0.941 bits per heavy atom. The molecule has 0 rings (SSSR count). The highest BCUT2D eigenvalue weighted by atomic mass is 35.5. The average Bonchev–Trinajstić information content (AvgIpc) is 3.26. The predicted octanol–water partition coefficient (Wildman–Crippen LogP) is 0.727. The lowest BCUT2D eigenvalue weighted by atomic mass is 10.0. The molecule has 0 fully saturated rings. The molecule has 0 saturated heterocycles. The highest BCUT2D eigenvalue weighted by molar-refractivity contribution is 7.86. The number of hydrogen-bond acceptors (Lipinski definition) is 18. The third kappa shape index (κ3) is 34.2. The van der Waals surface area contributed by atoms with Crippen molar-refractivity contribution in [1.29, 1.82) is 0 Å². The van der Waals surface area contributed by atoms with E-state index >= 15 is 0 Å². The van der Waals surface area contributed by atoms with Crippen molar-refractivity contribution in [2.75, 3.05) is 124 Å². The molecule has 0 aromatic carbocycles. The number of unbranched alkanes of at least 4 members (excludes halogenated alkanes) is 15. The summed E-state index contributed by atoms with van der Waals surface area (Å²) in [5, 5.41) is 70.7. The van der Waals surface area contributed by atoms with Crippen LogP contribution in [0.4, 0.5) is 0 Å². The summed E-state index contributed by atoms with van der Waals surface area (Å²) in [6, 6.07) is -0.0541. The number of nitrogens with zero attached hydrogens (tertiary/aromatic N) is 1. The van der Waals surface area contributed by atoms with Gasteiger partial charge < -0.3 is 64.4 Å². The predicted molar refractivity (Wildman–Crippen MR) is 266 cm³/mol. The second kappa shape index (κ2) is 36.6. The zero-order valence-electron chi connectivity index (χ0n) is 41.0. The van der Waals surface area contributed by atoms with Crippen molar-refractivity contribution in [3.8, 4) is 0 Å². The lowest BCUT2D eigenvalue weighted by Crippen LogP contribution is -2.64. The van der Waals surface area contributed by atoms with E-state index in [0.717, 1.165) is 25.8 Å². The summed E-state index contributed by atoms with van der Waals surface area (Å²) in [4.78, 5) is 0. The molecule has 0 aromatic rings. The van der Waals surface area contributed by atoms with Crippen LogP contribution in [0.2, 0.25) is 6.04 Å². The summed E-state index contributed by atoms with van der Waals surface area (Å²) in [6.07, 6.45) is 20.2. The summed E-state index contributed by atoms with van der Waals surface area (Å²) in [6.45, 7) is -4.74. The Bertz CT molecular complexity index is 1450. The molecule has 0 aromatic heterocycles. The number of nitrogens with one attached hydrogen (secondary N) is 3. The van der Waals surface area contributed by atoms with E-state index in [9.17, 15) is 69.6 Å². The van der Waals surface area contributed by atoms with Crippen molar-refractivity contribution in [3.63, 3.8) is 0 Å². The van der Waals surface area contributed by atoms with Gasteiger partial charge in [-0.05, 0) is 12.8 Å². The number of aliphatic hydroxyl groups excluding tert-OH is 6. The van der Waals surface area contributed by atoms with Gasteiger partial charge in [-0.15, -0.1) is 12.4 Å². The quantitative estimate of drug-likeness (QED) is 0.0173. The minimum absolute atomic E-state index is 0. The normalized spacial score (nSPS) is 13.6. The Kier molecular flexibility index (Phi) is 37.6. The summed E-state index contributed by atoms with van der Waals surface area (Å²) < 4.78 is 117. The van der Waals surface area contributed by atoms with Gasteiger partial charge in [0.1, 0.15) is 0 Å². The smallest absolute Gasteiger partial charge is 0.394 e. The average molecular weight is 1090 g/mol. The highest BCUT2D eigenvalue weighted by Gasteiger charge is 2.48. The second-order valence-corrected chi connectivity index (χ2v) is 26.2. The highest BCUT2D eigenvalue weighted by Crippen LogP contribution is 2.26. The van der Waals surface area contributed by atoms with Crippen molar-refractivity contribution in [1.82, 2.24) is 16.0 Å². The SMILES string of the molecule is CCCCCCCCCCCCCCCCCC[N+](C)(C)CCC[Si](OCC(CO)(CO)NCCS(=O)(=O)O)(OCC(CO)(CO)NCCS(=O)(=O)O)OCC(CO)(CO)NCCS(=O)(=O)O.Cl. The van der Waals surface area contributed by atoms with Gasteiger partial charge in [0.25, 0.3) is 30.4 Å². The molecule has 22 nitrogen and oxygen atoms in total. The Hall–Kier alpha value is -0.283. The number of quaternary nitrogens is 1. The van der Waals surface area contributed by atoms with Crippen LogP contribution in [-0.4, -0.2) is 223 Å². The fraction of sp³-hybridized carbons (Fsp3) is 1.00. The fourth-order valence-corrected chi connectivity index (χ4v) is 11.1. The lowest BCUT2D eigenvalue weighted by Gasteiger charge is -2.41. The first-order chi connectivity index (χ1) is 31.4. The number of halogens is 1. The number of hydrogen-bond donors (Lipinski definition) is 12. The van der Waals surface area contributed by atoms with Crippen molar-refractivity contribution in [2.24, 2.45) is 0 Å². The van der Waals surface area contributed by atoms with Gasteiger partial charge in [0.15, 0.2) is 0 Å². The second-order valence-electron chi connectivity index (χ2n) is 18.8. The number of rotatable bonds is 48. The summed E-state index contributed by atoms with van der Waals surface area (Å²) in [5.74, 6) is -2.40. The van der Waals surface area contributed by atoms with Gasteiger partial charge in [0, 0.05) is 32.1 Å². The zero-order chi connectivity index (χ0) is 51.0. The van der Waals surface area contributed by atoms with E-state index in [1.54, 1.807) is 0 Å². The molecule has 0 radical (unpaired) electrons. The van der Waals surface area contributed by atoms with E-state index in [1.807, 2.05) is 14.1 Å². The molecular formula is C41H92ClN4O18S3Si+. The molecule has 27 heteroatoms. The first-order valence-corrected chi connectivity index (χ1v) is 30.6. The molecule has 12 N–H and O–H groups in total. The maximum atomic E-state index is 11.5. The maximum absolute atomic E-state index is 11.5. The molecule has 0 atom stereocenters. The van der Waals surface area contributed by atoms with Crippen molar-refractivity contribution in [3.05, 3.63) is 0 Å². The Morgan fingerprint density at radius 1 is 0.441 bits per heavy atom. The van der Waals surface area contributed by atoms with Gasteiger partial charge in [-0.2, -0.15) is 25.3 Å². The Labute approximate surface area is 415 Å². The Morgan fingerprint density at radius 2 is 0.691 bits per heavy atom. The molecular weight excluding hydrogens is 996 g/mol. The van der Waals surface area contributed by atoms with E-state index in [1.165, 1.54) is 83.5 Å². The topological polar surface area (TPSA) is 348 Å². The third-order valence-corrected chi connectivity index (χ3v) is 16.8. The molecule has 0 unspecified atom stereocenters. The van der Waals surface area contributed by atoms with Crippen LogP contribution >= 0.6 is 12.4 Å². The van der Waals surface area contributed by atoms with E-state index < -0.39 is 152 Å². The molecule has 0 aliphatic heterocycles. The first kappa shape index (κ1) is 69.8. The fourth-order valence-electron chi connectivity index (χ4n) is 7.26. The largest absolute Gasteiger partial charge is 0.501 e. The standard InChI is InChI=1S/C41H90N4O18S3Si.ClH/c1-4-5-6-7-8-9-10-11-12-13-14-15-16-17-18-19-24-45(2,3)25-20-29-67(61-36-39(30-46,31-47)42-21-26-64(52,53)54,62-37-40(32-48,33-49)43-22-27-65(55,56)57)63-38-41(34-50,35-51)44-23-28-66(58,59)60;/h42-44,46-51H,4-38H2,1-3H3,(H2-,52,53,54,55,56,57,58,59,60);1H/p+1. The summed E-state index contributed by atoms with van der Waals surface area (Å²) >= 11 is 0. The van der Waals surface area contributed by atoms with Crippen molar-refractivity contribution < 1.29 is 87.3 Å². The van der Waals surface area contributed by atoms with E-state index in [0.29, 0.717) is 17.4 Å². The molecule has 0 spiro atoms. The number of aliphatic hydroxyl groups is 6. The van der Waals surface area contributed by atoms with Gasteiger partial charge >= 0.3 is 8.80 Å². The van der Waals surface area contributed by atoms with Gasteiger partial charge in [0.05, 0.1) is 121 Å². The van der Waals surface area contributed by atoms with Gasteiger partial charge in [-0.3, -0.25) is 13.7 Å². The van der Waals surface area contributed by atoms with Crippen LogP contribution in [0.15, 0.2) is 0 Å². The van der Waals surface area contributed by atoms with Gasteiger partial charge in [-0.25, -0.2) is 0 Å². The van der Waals surface area contributed by atoms with Crippen LogP contribution in [-0.2, 0) is 43.6 Å². The first-order valence-electron chi connectivity index (χ1n) is 23.9. The zero-order valence-corrected chi connectivity index (χ0v) is 45.3. The molecule has 68 heavy (non-hydrogen) atoms. The summed E-state index contributed by atoms with van der Waals surface area (Å²) in [5.41, 5.74) is -5.35. The minimum atomic E-state index is -4.47. The van der Waals surface area contributed by atoms with Gasteiger partial charge in [-0.1, -0.05) is 96.8 Å². The summed E-state index contributed by atoms with van der Waals surface area (Å²) in [7, 11) is -13.8. The van der Waals surface area contributed by atoms with Crippen molar-refractivity contribution in [2.45, 2.75) is 139 Å². The molecule has 412 valence electrons. The molecule has 0 aliphatic carbocycles. The van der Waals surface area contributed by atoms with Crippen LogP contribution in [0.25, 0.3) is 0 Å². The monoisotopic (exact) mass is 1090 g/mol. The molecule has 0 heterocycles. The van der Waals surface area contributed by atoms with Crippen LogP contribution in [0.5, 0.6) is 0 Å². The molecule has 0 bridgehead atoms. The molecule has 0 amide bonds. The lowest BCUT2D eigenvalue weighted by molar-refractivity contribution is -0.890. The van der Waals surface area contributed by atoms with Crippen LogP contribution in [0.1, 0.15) is 116 Å². The minimum Gasteiger partial charge on any atom is -0.394 e. The van der Waals surface area contributed by atoms with Gasteiger partial charge in [0.2, 0.25) is 0 Å². The van der Waals surface area contributed by atoms with Crippen molar-refractivity contribution >= 4 is 51.6 Å². The van der Waals surface area contributed by atoms with Crippen LogP contribution < -0.4 is 16.0 Å². The third-order valence-electron chi connectivity index (χ3n) is 12.0. The molecule has 0 saturated carbocycles. The van der Waals surface area contributed by atoms with Crippen LogP contribution in [0.3, 0.4) is 0 Å². The molecule has 0 aliphatic rings. The van der Waals surface area contributed by atoms with Crippen LogP contribution in [0, 0.1) is 0 Å². The Balaban J connectivity index is 0. The maximum Gasteiger partial charge on any atom is 0.501 e. The van der Waals surface area contributed by atoms with E-state index in [4.69, 9.17) is 13.3 Å².